The van der Waals surface area contributed by atoms with Crippen LogP contribution < -0.4 is 9.80 Å². The quantitative estimate of drug-likeness (QED) is 0.749. The summed E-state index contributed by atoms with van der Waals surface area (Å²) < 4.78 is 5.51. The second-order valence-electron chi connectivity index (χ2n) is 9.10. The SMILES string of the molecule is CN(C(=O)[C@H]1CCCCN1C(=O)OC(C)(C)C)c1ccc(N2CCCCC2=O)cc1. The minimum Gasteiger partial charge on any atom is -0.444 e. The van der Waals surface area contributed by atoms with Gasteiger partial charge in [0.15, 0.2) is 0 Å². The van der Waals surface area contributed by atoms with E-state index in [1.54, 1.807) is 21.7 Å². The Morgan fingerprint density at radius 3 is 2.33 bits per heavy atom. The molecule has 0 aliphatic carbocycles. The predicted octanol–water partition coefficient (Wildman–Crippen LogP) is 3.96. The lowest BCUT2D eigenvalue weighted by Gasteiger charge is -2.37. The molecule has 0 spiro atoms. The number of carbonyl (C=O) groups excluding carboxylic acids is 3. The molecule has 2 saturated heterocycles. The van der Waals surface area contributed by atoms with Crippen LogP contribution in [0.3, 0.4) is 0 Å². The van der Waals surface area contributed by atoms with Gasteiger partial charge in [-0.1, -0.05) is 0 Å². The highest BCUT2D eigenvalue weighted by Gasteiger charge is 2.36. The first-order chi connectivity index (χ1) is 14.2. The van der Waals surface area contributed by atoms with Gasteiger partial charge >= 0.3 is 6.09 Å². The highest BCUT2D eigenvalue weighted by Crippen LogP contribution is 2.27. The summed E-state index contributed by atoms with van der Waals surface area (Å²) >= 11 is 0. The van der Waals surface area contributed by atoms with E-state index in [9.17, 15) is 14.4 Å². The van der Waals surface area contributed by atoms with Gasteiger partial charge in [-0.2, -0.15) is 0 Å². The lowest BCUT2D eigenvalue weighted by Crippen LogP contribution is -2.53. The van der Waals surface area contributed by atoms with Crippen LogP contribution in [0, 0.1) is 0 Å². The standard InChI is InChI=1S/C23H33N3O4/c1-23(2,3)30-22(29)26-16-7-5-9-19(26)21(28)24(4)17-11-13-18(14-12-17)25-15-8-6-10-20(25)27/h11-14,19H,5-10,15-16H2,1-4H3/t19-/m1/s1. The molecular formula is C23H33N3O4. The Labute approximate surface area is 179 Å². The van der Waals surface area contributed by atoms with Crippen LogP contribution in [0.2, 0.25) is 0 Å². The predicted molar refractivity (Wildman–Crippen MR) is 117 cm³/mol. The molecular weight excluding hydrogens is 382 g/mol. The number of anilines is 2. The molecule has 0 unspecified atom stereocenters. The van der Waals surface area contributed by atoms with Crippen molar-refractivity contribution in [2.75, 3.05) is 29.9 Å². The van der Waals surface area contributed by atoms with Gasteiger partial charge in [0.25, 0.3) is 0 Å². The molecule has 0 saturated carbocycles. The molecule has 0 bridgehead atoms. The fraction of sp³-hybridized carbons (Fsp3) is 0.609. The third-order valence-electron chi connectivity index (χ3n) is 5.62. The van der Waals surface area contributed by atoms with Gasteiger partial charge in [-0.15, -0.1) is 0 Å². The summed E-state index contributed by atoms with van der Waals surface area (Å²) in [5.74, 6) is 0.0241. The number of likely N-dealkylation sites (tertiary alicyclic amines) is 1. The van der Waals surface area contributed by atoms with Crippen molar-refractivity contribution >= 4 is 29.3 Å². The first kappa shape index (κ1) is 22.1. The van der Waals surface area contributed by atoms with Crippen LogP contribution in [0.25, 0.3) is 0 Å². The number of carbonyl (C=O) groups is 3. The molecule has 7 heteroatoms. The Morgan fingerprint density at radius 1 is 1.03 bits per heavy atom. The average molecular weight is 416 g/mol. The third kappa shape index (κ3) is 5.12. The van der Waals surface area contributed by atoms with Gasteiger partial charge in [0.1, 0.15) is 11.6 Å². The van der Waals surface area contributed by atoms with Gasteiger partial charge < -0.3 is 14.5 Å². The van der Waals surface area contributed by atoms with Gasteiger partial charge in [0.05, 0.1) is 0 Å². The zero-order chi connectivity index (χ0) is 21.9. The highest BCUT2D eigenvalue weighted by molar-refractivity contribution is 5.99. The van der Waals surface area contributed by atoms with Crippen molar-refractivity contribution in [2.45, 2.75) is 70.9 Å². The number of ether oxygens (including phenoxy) is 1. The van der Waals surface area contributed by atoms with E-state index in [1.807, 2.05) is 45.0 Å². The topological polar surface area (TPSA) is 70.2 Å². The molecule has 1 aromatic rings. The molecule has 1 atom stereocenters. The summed E-state index contributed by atoms with van der Waals surface area (Å²) in [7, 11) is 1.73. The van der Waals surface area contributed by atoms with Crippen molar-refractivity contribution in [3.63, 3.8) is 0 Å². The van der Waals surface area contributed by atoms with Crippen LogP contribution in [0.5, 0.6) is 0 Å². The summed E-state index contributed by atoms with van der Waals surface area (Å²) in [5, 5.41) is 0. The van der Waals surface area contributed by atoms with E-state index in [0.29, 0.717) is 19.4 Å². The largest absolute Gasteiger partial charge is 0.444 e. The number of hydrogen-bond acceptors (Lipinski definition) is 4. The Bertz CT molecular complexity index is 785. The van der Waals surface area contributed by atoms with Crippen molar-refractivity contribution in [3.8, 4) is 0 Å². The number of hydrogen-bond donors (Lipinski definition) is 0. The maximum atomic E-state index is 13.2. The molecule has 1 aromatic carbocycles. The minimum atomic E-state index is -0.601. The molecule has 3 rings (SSSR count). The van der Waals surface area contributed by atoms with Crippen molar-refractivity contribution in [1.29, 1.82) is 0 Å². The second-order valence-corrected chi connectivity index (χ2v) is 9.10. The molecule has 2 heterocycles. The molecule has 2 aliphatic rings. The molecule has 164 valence electrons. The van der Waals surface area contributed by atoms with Gasteiger partial charge in [-0.25, -0.2) is 4.79 Å². The Balaban J connectivity index is 1.71. The van der Waals surface area contributed by atoms with Crippen LogP contribution >= 0.6 is 0 Å². The van der Waals surface area contributed by atoms with Gasteiger partial charge in [-0.05, 0) is 77.1 Å². The lowest BCUT2D eigenvalue weighted by molar-refractivity contribution is -0.124. The maximum Gasteiger partial charge on any atom is 0.410 e. The fourth-order valence-corrected chi connectivity index (χ4v) is 4.01. The number of rotatable bonds is 3. The number of benzene rings is 1. The van der Waals surface area contributed by atoms with E-state index in [-0.39, 0.29) is 11.8 Å². The molecule has 2 fully saturated rings. The molecule has 0 N–H and O–H groups in total. The Morgan fingerprint density at radius 2 is 1.70 bits per heavy atom. The van der Waals surface area contributed by atoms with Gasteiger partial charge in [-0.3, -0.25) is 14.5 Å². The average Bonchev–Trinajstić information content (AvgIpc) is 2.72. The van der Waals surface area contributed by atoms with Crippen molar-refractivity contribution in [2.24, 2.45) is 0 Å². The summed E-state index contributed by atoms with van der Waals surface area (Å²) in [6.07, 6.45) is 4.50. The smallest absolute Gasteiger partial charge is 0.410 e. The van der Waals surface area contributed by atoms with Crippen molar-refractivity contribution in [3.05, 3.63) is 24.3 Å². The molecule has 3 amide bonds. The zero-order valence-electron chi connectivity index (χ0n) is 18.5. The molecule has 7 nitrogen and oxygen atoms in total. The van der Waals surface area contributed by atoms with Crippen molar-refractivity contribution < 1.29 is 19.1 Å². The molecule has 30 heavy (non-hydrogen) atoms. The third-order valence-corrected chi connectivity index (χ3v) is 5.62. The summed E-state index contributed by atoms with van der Waals surface area (Å²) in [4.78, 5) is 43.0. The van der Waals surface area contributed by atoms with Crippen LogP contribution in [0.4, 0.5) is 16.2 Å². The zero-order valence-corrected chi connectivity index (χ0v) is 18.5. The van der Waals surface area contributed by atoms with E-state index in [0.717, 1.165) is 43.6 Å². The minimum absolute atomic E-state index is 0.123. The summed E-state index contributed by atoms with van der Waals surface area (Å²) in [6.45, 7) is 6.74. The normalized spacial score (nSPS) is 20.1. The number of amides is 3. The monoisotopic (exact) mass is 415 g/mol. The van der Waals surface area contributed by atoms with E-state index in [1.165, 1.54) is 0 Å². The number of likely N-dealkylation sites (N-methyl/N-ethyl adjacent to an activating group) is 1. The molecule has 0 aromatic heterocycles. The second kappa shape index (κ2) is 9.06. The first-order valence-corrected chi connectivity index (χ1v) is 10.8. The number of piperidine rings is 2. The van der Waals surface area contributed by atoms with E-state index in [4.69, 9.17) is 4.74 Å². The van der Waals surface area contributed by atoms with Crippen LogP contribution in [0.15, 0.2) is 24.3 Å². The van der Waals surface area contributed by atoms with Gasteiger partial charge in [0.2, 0.25) is 11.8 Å². The first-order valence-electron chi connectivity index (χ1n) is 10.8. The molecule has 0 radical (unpaired) electrons. The van der Waals surface area contributed by atoms with E-state index in [2.05, 4.69) is 0 Å². The summed E-state index contributed by atoms with van der Waals surface area (Å²) in [6, 6.07) is 6.96. The van der Waals surface area contributed by atoms with E-state index < -0.39 is 17.7 Å². The number of nitrogens with zero attached hydrogens (tertiary/aromatic N) is 3. The van der Waals surface area contributed by atoms with E-state index >= 15 is 0 Å². The lowest BCUT2D eigenvalue weighted by atomic mass is 10.0. The van der Waals surface area contributed by atoms with Gasteiger partial charge in [0, 0.05) is 37.9 Å². The fourth-order valence-electron chi connectivity index (χ4n) is 4.01. The van der Waals surface area contributed by atoms with Crippen LogP contribution in [0.1, 0.15) is 59.3 Å². The Hall–Kier alpha value is -2.57. The summed E-state index contributed by atoms with van der Waals surface area (Å²) in [5.41, 5.74) is 0.996. The maximum absolute atomic E-state index is 13.2. The Kier molecular flexibility index (Phi) is 6.68. The van der Waals surface area contributed by atoms with Crippen LogP contribution in [-0.4, -0.2) is 54.6 Å². The molecule has 2 aliphatic heterocycles. The highest BCUT2D eigenvalue weighted by atomic mass is 16.6. The van der Waals surface area contributed by atoms with Crippen molar-refractivity contribution in [1.82, 2.24) is 4.90 Å². The van der Waals surface area contributed by atoms with Crippen LogP contribution in [-0.2, 0) is 14.3 Å².